The SMILES string of the molecule is Cc1nn(C)c(C)c1-c1[nH]c2ncnn2c(=O)c1C(C)C. The third-order valence-electron chi connectivity index (χ3n) is 3.81. The Kier molecular flexibility index (Phi) is 2.93. The molecule has 0 aliphatic heterocycles. The molecule has 3 heterocycles. The molecule has 3 aromatic heterocycles. The Bertz CT molecular complexity index is 883. The number of aromatic nitrogens is 6. The van der Waals surface area contributed by atoms with Gasteiger partial charge < -0.3 is 4.98 Å². The zero-order valence-corrected chi connectivity index (χ0v) is 12.8. The molecule has 0 amide bonds. The van der Waals surface area contributed by atoms with Crippen LogP contribution in [0.2, 0.25) is 0 Å². The fraction of sp³-hybridized carbons (Fsp3) is 0.429. The standard InChI is InChI=1S/C14H18N6O/c1-7(2)10-12(11-8(3)18-19(5)9(11)4)17-14-15-6-16-20(14)13(10)21/h6-7H,1-5H3,(H,15,16,17). The number of hydrogen-bond acceptors (Lipinski definition) is 4. The van der Waals surface area contributed by atoms with Crippen molar-refractivity contribution in [2.24, 2.45) is 7.05 Å². The highest BCUT2D eigenvalue weighted by molar-refractivity contribution is 5.69. The van der Waals surface area contributed by atoms with Gasteiger partial charge >= 0.3 is 0 Å². The van der Waals surface area contributed by atoms with E-state index in [2.05, 4.69) is 20.2 Å². The molecule has 0 aromatic carbocycles. The maximum Gasteiger partial charge on any atom is 0.279 e. The van der Waals surface area contributed by atoms with Crippen molar-refractivity contribution in [1.82, 2.24) is 29.4 Å². The third kappa shape index (κ3) is 1.88. The van der Waals surface area contributed by atoms with E-state index in [1.165, 1.54) is 10.8 Å². The number of aromatic amines is 1. The van der Waals surface area contributed by atoms with Gasteiger partial charge in [-0.2, -0.15) is 19.7 Å². The summed E-state index contributed by atoms with van der Waals surface area (Å²) in [5.74, 6) is 0.512. The molecular weight excluding hydrogens is 268 g/mol. The van der Waals surface area contributed by atoms with E-state index in [-0.39, 0.29) is 11.5 Å². The van der Waals surface area contributed by atoms with Gasteiger partial charge in [-0.1, -0.05) is 13.8 Å². The van der Waals surface area contributed by atoms with E-state index in [1.807, 2.05) is 39.4 Å². The number of fused-ring (bicyclic) bond motifs is 1. The van der Waals surface area contributed by atoms with Crippen LogP contribution in [0.3, 0.4) is 0 Å². The van der Waals surface area contributed by atoms with Crippen LogP contribution in [0, 0.1) is 13.8 Å². The molecule has 0 aliphatic rings. The first kappa shape index (κ1) is 13.5. The zero-order valence-electron chi connectivity index (χ0n) is 12.8. The molecule has 0 spiro atoms. The summed E-state index contributed by atoms with van der Waals surface area (Å²) in [7, 11) is 1.90. The van der Waals surface area contributed by atoms with Crippen molar-refractivity contribution in [3.05, 3.63) is 33.6 Å². The first-order chi connectivity index (χ1) is 9.91. The van der Waals surface area contributed by atoms with Crippen molar-refractivity contribution in [1.29, 1.82) is 0 Å². The number of H-pyrrole nitrogens is 1. The van der Waals surface area contributed by atoms with Crippen LogP contribution in [0.5, 0.6) is 0 Å². The summed E-state index contributed by atoms with van der Waals surface area (Å²) in [6.45, 7) is 7.93. The van der Waals surface area contributed by atoms with E-state index in [4.69, 9.17) is 0 Å². The summed E-state index contributed by atoms with van der Waals surface area (Å²) in [4.78, 5) is 20.0. The average Bonchev–Trinajstić information content (AvgIpc) is 2.95. The fourth-order valence-corrected chi connectivity index (χ4v) is 2.74. The lowest BCUT2D eigenvalue weighted by atomic mass is 9.97. The molecule has 7 nitrogen and oxygen atoms in total. The molecule has 0 fully saturated rings. The second-order valence-electron chi connectivity index (χ2n) is 5.54. The summed E-state index contributed by atoms with van der Waals surface area (Å²) in [5.41, 5.74) is 4.22. The maximum atomic E-state index is 12.7. The monoisotopic (exact) mass is 286 g/mol. The lowest BCUT2D eigenvalue weighted by Crippen LogP contribution is -2.22. The second-order valence-corrected chi connectivity index (χ2v) is 5.54. The number of aryl methyl sites for hydroxylation is 2. The fourth-order valence-electron chi connectivity index (χ4n) is 2.74. The van der Waals surface area contributed by atoms with Crippen molar-refractivity contribution >= 4 is 5.78 Å². The number of rotatable bonds is 2. The van der Waals surface area contributed by atoms with Crippen LogP contribution in [-0.4, -0.2) is 29.4 Å². The highest BCUT2D eigenvalue weighted by Gasteiger charge is 2.22. The van der Waals surface area contributed by atoms with E-state index in [0.29, 0.717) is 11.3 Å². The van der Waals surface area contributed by atoms with Crippen LogP contribution >= 0.6 is 0 Å². The maximum absolute atomic E-state index is 12.7. The minimum Gasteiger partial charge on any atom is -0.323 e. The third-order valence-corrected chi connectivity index (χ3v) is 3.81. The summed E-state index contributed by atoms with van der Waals surface area (Å²) in [5, 5.41) is 8.42. The van der Waals surface area contributed by atoms with Crippen LogP contribution in [0.15, 0.2) is 11.1 Å². The van der Waals surface area contributed by atoms with E-state index < -0.39 is 0 Å². The first-order valence-electron chi connectivity index (χ1n) is 6.88. The molecule has 0 saturated heterocycles. The van der Waals surface area contributed by atoms with Crippen molar-refractivity contribution < 1.29 is 0 Å². The molecule has 3 aromatic rings. The summed E-state index contributed by atoms with van der Waals surface area (Å²) >= 11 is 0. The van der Waals surface area contributed by atoms with Gasteiger partial charge in [0.25, 0.3) is 5.56 Å². The smallest absolute Gasteiger partial charge is 0.279 e. The van der Waals surface area contributed by atoms with E-state index >= 15 is 0 Å². The van der Waals surface area contributed by atoms with Gasteiger partial charge in [-0.25, -0.2) is 0 Å². The number of nitrogens with zero attached hydrogens (tertiary/aromatic N) is 5. The van der Waals surface area contributed by atoms with Gasteiger partial charge in [-0.3, -0.25) is 9.48 Å². The van der Waals surface area contributed by atoms with Gasteiger partial charge in [0.1, 0.15) is 6.33 Å². The van der Waals surface area contributed by atoms with Crippen molar-refractivity contribution in [3.63, 3.8) is 0 Å². The summed E-state index contributed by atoms with van der Waals surface area (Å²) in [6.07, 6.45) is 1.38. The Hall–Kier alpha value is -2.44. The molecule has 0 radical (unpaired) electrons. The zero-order chi connectivity index (χ0) is 15.3. The quantitative estimate of drug-likeness (QED) is 0.775. The number of nitrogens with one attached hydrogen (secondary N) is 1. The van der Waals surface area contributed by atoms with Crippen molar-refractivity contribution in [2.45, 2.75) is 33.6 Å². The highest BCUT2D eigenvalue weighted by atomic mass is 16.1. The van der Waals surface area contributed by atoms with Crippen LogP contribution in [0.1, 0.15) is 36.7 Å². The summed E-state index contributed by atoms with van der Waals surface area (Å²) in [6, 6.07) is 0. The highest BCUT2D eigenvalue weighted by Crippen LogP contribution is 2.30. The molecule has 0 saturated carbocycles. The predicted octanol–water partition coefficient (Wildman–Crippen LogP) is 1.56. The molecule has 3 rings (SSSR count). The second kappa shape index (κ2) is 4.54. The molecule has 7 heteroatoms. The van der Waals surface area contributed by atoms with Gasteiger partial charge in [0.05, 0.1) is 11.4 Å². The molecular formula is C14H18N6O. The first-order valence-corrected chi connectivity index (χ1v) is 6.88. The lowest BCUT2D eigenvalue weighted by Gasteiger charge is -2.12. The molecule has 0 atom stereocenters. The van der Waals surface area contributed by atoms with Gasteiger partial charge in [0, 0.05) is 23.9 Å². The molecule has 0 unspecified atom stereocenters. The minimum absolute atomic E-state index is 0.0661. The van der Waals surface area contributed by atoms with Gasteiger partial charge in [-0.05, 0) is 19.8 Å². The van der Waals surface area contributed by atoms with Crippen molar-refractivity contribution in [2.75, 3.05) is 0 Å². The Balaban J connectivity index is 2.46. The molecule has 0 aliphatic carbocycles. The van der Waals surface area contributed by atoms with E-state index in [9.17, 15) is 4.79 Å². The topological polar surface area (TPSA) is 80.9 Å². The van der Waals surface area contributed by atoms with E-state index in [0.717, 1.165) is 22.6 Å². The lowest BCUT2D eigenvalue weighted by molar-refractivity contribution is 0.731. The predicted molar refractivity (Wildman–Crippen MR) is 79.4 cm³/mol. The average molecular weight is 286 g/mol. The van der Waals surface area contributed by atoms with Crippen molar-refractivity contribution in [3.8, 4) is 11.3 Å². The van der Waals surface area contributed by atoms with Crippen LogP contribution in [-0.2, 0) is 7.05 Å². The van der Waals surface area contributed by atoms with Crippen LogP contribution in [0.25, 0.3) is 17.0 Å². The van der Waals surface area contributed by atoms with Crippen LogP contribution in [0.4, 0.5) is 0 Å². The normalized spacial score (nSPS) is 11.7. The van der Waals surface area contributed by atoms with Crippen LogP contribution < -0.4 is 5.56 Å². The number of hydrogen-bond donors (Lipinski definition) is 1. The largest absolute Gasteiger partial charge is 0.323 e. The Morgan fingerprint density at radius 1 is 1.29 bits per heavy atom. The minimum atomic E-state index is -0.131. The molecule has 110 valence electrons. The molecule has 1 N–H and O–H groups in total. The Morgan fingerprint density at radius 2 is 2.00 bits per heavy atom. The summed E-state index contributed by atoms with van der Waals surface area (Å²) < 4.78 is 3.13. The Labute approximate surface area is 121 Å². The molecule has 21 heavy (non-hydrogen) atoms. The van der Waals surface area contributed by atoms with Gasteiger partial charge in [0.15, 0.2) is 0 Å². The van der Waals surface area contributed by atoms with E-state index in [1.54, 1.807) is 0 Å². The Morgan fingerprint density at radius 3 is 2.57 bits per heavy atom. The van der Waals surface area contributed by atoms with Gasteiger partial charge in [0.2, 0.25) is 5.78 Å². The molecule has 0 bridgehead atoms. The van der Waals surface area contributed by atoms with Gasteiger partial charge in [-0.15, -0.1) is 0 Å².